The number of anilines is 3. The van der Waals surface area contributed by atoms with Crippen LogP contribution >= 0.6 is 11.3 Å². The molecular weight excluding hydrogens is 396 g/mol. The number of rotatable bonds is 6. The number of urea groups is 1. The van der Waals surface area contributed by atoms with Crippen molar-refractivity contribution in [3.63, 3.8) is 0 Å². The summed E-state index contributed by atoms with van der Waals surface area (Å²) in [4.78, 5) is 28.1. The maximum absolute atomic E-state index is 12.2. The minimum atomic E-state index is -0.278. The topological polar surface area (TPSA) is 83.0 Å². The van der Waals surface area contributed by atoms with Crippen LogP contribution in [0.25, 0.3) is 10.3 Å². The van der Waals surface area contributed by atoms with Crippen LogP contribution in [0.4, 0.5) is 21.4 Å². The van der Waals surface area contributed by atoms with Gasteiger partial charge in [-0.15, -0.1) is 0 Å². The Hall–Kier alpha value is -3.52. The lowest BCUT2D eigenvalue weighted by Crippen LogP contribution is -2.30. The Bertz CT molecular complexity index is 1140. The Balaban J connectivity index is 1.39. The average Bonchev–Trinajstić information content (AvgIpc) is 3.16. The number of carbonyl (C=O) groups is 1. The molecule has 30 heavy (non-hydrogen) atoms. The predicted octanol–water partition coefficient (Wildman–Crippen LogP) is 4.53. The van der Waals surface area contributed by atoms with Crippen molar-refractivity contribution in [2.24, 2.45) is 0 Å². The van der Waals surface area contributed by atoms with E-state index in [2.05, 4.69) is 51.8 Å². The molecule has 2 N–H and O–H groups in total. The second-order valence-electron chi connectivity index (χ2n) is 6.89. The molecule has 2 amide bonds. The number of benzene rings is 1. The number of carbonyl (C=O) groups excluding carboxylic acids is 1. The molecule has 7 nitrogen and oxygen atoms in total. The summed E-state index contributed by atoms with van der Waals surface area (Å²) in [5, 5.41) is 6.17. The summed E-state index contributed by atoms with van der Waals surface area (Å²) >= 11 is 1.36. The molecule has 0 atom stereocenters. The lowest BCUT2D eigenvalue weighted by Gasteiger charge is -2.18. The number of hydrogen-bond acceptors (Lipinski definition) is 6. The Kier molecular flexibility index (Phi) is 5.85. The SMILES string of the molecule is Cc1ccc(N(C)c2ccc3nc(NC(=O)NCCc4ccncc4)sc3n2)cc1. The zero-order valence-corrected chi connectivity index (χ0v) is 17.6. The highest BCUT2D eigenvalue weighted by Gasteiger charge is 2.11. The number of nitrogens with zero attached hydrogens (tertiary/aromatic N) is 4. The first-order valence-electron chi connectivity index (χ1n) is 9.60. The van der Waals surface area contributed by atoms with E-state index in [-0.39, 0.29) is 6.03 Å². The van der Waals surface area contributed by atoms with E-state index in [4.69, 9.17) is 4.98 Å². The summed E-state index contributed by atoms with van der Waals surface area (Å²) in [6.45, 7) is 2.60. The van der Waals surface area contributed by atoms with Crippen LogP contribution in [0.3, 0.4) is 0 Å². The quantitative estimate of drug-likeness (QED) is 0.481. The Labute approximate surface area is 178 Å². The summed E-state index contributed by atoms with van der Waals surface area (Å²) in [5.41, 5.74) is 4.16. The molecule has 0 aliphatic rings. The Morgan fingerprint density at radius 1 is 1.03 bits per heavy atom. The lowest BCUT2D eigenvalue weighted by molar-refractivity contribution is 0.252. The van der Waals surface area contributed by atoms with Gasteiger partial charge in [0.2, 0.25) is 0 Å². The molecule has 0 saturated heterocycles. The third kappa shape index (κ3) is 4.72. The van der Waals surface area contributed by atoms with E-state index in [1.54, 1.807) is 12.4 Å². The van der Waals surface area contributed by atoms with Crippen molar-refractivity contribution in [2.75, 3.05) is 23.8 Å². The van der Waals surface area contributed by atoms with Gasteiger partial charge in [-0.3, -0.25) is 10.3 Å². The number of hydrogen-bond donors (Lipinski definition) is 2. The Morgan fingerprint density at radius 2 is 1.80 bits per heavy atom. The molecule has 0 bridgehead atoms. The lowest BCUT2D eigenvalue weighted by atomic mass is 10.2. The van der Waals surface area contributed by atoms with Crippen LogP contribution in [-0.2, 0) is 6.42 Å². The number of pyridine rings is 2. The number of fused-ring (bicyclic) bond motifs is 1. The largest absolute Gasteiger partial charge is 0.337 e. The van der Waals surface area contributed by atoms with E-state index in [1.807, 2.05) is 36.2 Å². The fourth-order valence-electron chi connectivity index (χ4n) is 2.96. The maximum atomic E-state index is 12.2. The molecule has 0 saturated carbocycles. The highest BCUT2D eigenvalue weighted by Crippen LogP contribution is 2.29. The molecule has 0 spiro atoms. The molecule has 4 aromatic rings. The van der Waals surface area contributed by atoms with Gasteiger partial charge in [-0.2, -0.15) is 0 Å². The summed E-state index contributed by atoms with van der Waals surface area (Å²) in [6, 6.07) is 15.7. The van der Waals surface area contributed by atoms with Gasteiger partial charge in [-0.1, -0.05) is 29.0 Å². The van der Waals surface area contributed by atoms with Crippen LogP contribution in [0.1, 0.15) is 11.1 Å². The number of aryl methyl sites for hydroxylation is 1. The standard InChI is InChI=1S/C22H22N6OS/c1-15-3-5-17(6-4-15)28(2)19-8-7-18-20(26-19)30-22(25-18)27-21(29)24-14-11-16-9-12-23-13-10-16/h3-10,12-13H,11,14H2,1-2H3,(H2,24,25,27,29). The first kappa shape index (κ1) is 19.8. The van der Waals surface area contributed by atoms with Crippen molar-refractivity contribution in [2.45, 2.75) is 13.3 Å². The third-order valence-corrected chi connectivity index (χ3v) is 5.56. The average molecular weight is 419 g/mol. The normalized spacial score (nSPS) is 10.7. The zero-order chi connectivity index (χ0) is 20.9. The minimum absolute atomic E-state index is 0.278. The molecule has 152 valence electrons. The monoisotopic (exact) mass is 418 g/mol. The van der Waals surface area contributed by atoms with Gasteiger partial charge in [-0.05, 0) is 55.3 Å². The second kappa shape index (κ2) is 8.87. The van der Waals surface area contributed by atoms with E-state index in [1.165, 1.54) is 16.9 Å². The van der Waals surface area contributed by atoms with Gasteiger partial charge in [0, 0.05) is 31.7 Å². The van der Waals surface area contributed by atoms with Crippen molar-refractivity contribution in [1.82, 2.24) is 20.3 Å². The van der Waals surface area contributed by atoms with Crippen LogP contribution < -0.4 is 15.5 Å². The van der Waals surface area contributed by atoms with Crippen LogP contribution in [0.2, 0.25) is 0 Å². The van der Waals surface area contributed by atoms with Crippen molar-refractivity contribution in [3.8, 4) is 0 Å². The molecule has 0 unspecified atom stereocenters. The summed E-state index contributed by atoms with van der Waals surface area (Å²) < 4.78 is 0. The van der Waals surface area contributed by atoms with Crippen molar-refractivity contribution < 1.29 is 4.79 Å². The predicted molar refractivity (Wildman–Crippen MR) is 122 cm³/mol. The molecule has 0 aliphatic heterocycles. The highest BCUT2D eigenvalue weighted by molar-refractivity contribution is 7.22. The smallest absolute Gasteiger partial charge is 0.321 e. The maximum Gasteiger partial charge on any atom is 0.321 e. The van der Waals surface area contributed by atoms with Gasteiger partial charge in [0.15, 0.2) is 5.13 Å². The minimum Gasteiger partial charge on any atom is -0.337 e. The fourth-order valence-corrected chi connectivity index (χ4v) is 3.79. The van der Waals surface area contributed by atoms with Crippen LogP contribution in [-0.4, -0.2) is 34.6 Å². The van der Waals surface area contributed by atoms with E-state index < -0.39 is 0 Å². The molecule has 1 aromatic carbocycles. The molecule has 3 heterocycles. The van der Waals surface area contributed by atoms with Crippen LogP contribution in [0.15, 0.2) is 60.9 Å². The van der Waals surface area contributed by atoms with E-state index >= 15 is 0 Å². The van der Waals surface area contributed by atoms with Gasteiger partial charge in [0.25, 0.3) is 0 Å². The summed E-state index contributed by atoms with van der Waals surface area (Å²) in [5.74, 6) is 0.823. The van der Waals surface area contributed by atoms with E-state index in [9.17, 15) is 4.79 Å². The molecule has 4 rings (SSSR count). The molecule has 0 radical (unpaired) electrons. The summed E-state index contributed by atoms with van der Waals surface area (Å²) in [6.07, 6.45) is 4.23. The van der Waals surface area contributed by atoms with Gasteiger partial charge >= 0.3 is 6.03 Å². The molecule has 0 fully saturated rings. The Morgan fingerprint density at radius 3 is 2.57 bits per heavy atom. The highest BCUT2D eigenvalue weighted by atomic mass is 32.1. The van der Waals surface area contributed by atoms with E-state index in [0.29, 0.717) is 11.7 Å². The van der Waals surface area contributed by atoms with Crippen molar-refractivity contribution in [3.05, 3.63) is 72.1 Å². The van der Waals surface area contributed by atoms with Crippen molar-refractivity contribution in [1.29, 1.82) is 0 Å². The van der Waals surface area contributed by atoms with Crippen molar-refractivity contribution >= 4 is 44.4 Å². The second-order valence-corrected chi connectivity index (χ2v) is 7.87. The number of thiazole rings is 1. The van der Waals surface area contributed by atoms with Gasteiger partial charge < -0.3 is 10.2 Å². The van der Waals surface area contributed by atoms with Gasteiger partial charge in [-0.25, -0.2) is 14.8 Å². The molecule has 3 aromatic heterocycles. The first-order valence-corrected chi connectivity index (χ1v) is 10.4. The third-order valence-electron chi connectivity index (χ3n) is 4.67. The summed E-state index contributed by atoms with van der Waals surface area (Å²) in [7, 11) is 1.98. The number of aromatic nitrogens is 3. The zero-order valence-electron chi connectivity index (χ0n) is 16.8. The molecule has 0 aliphatic carbocycles. The fraction of sp³-hybridized carbons (Fsp3) is 0.182. The molecule has 8 heteroatoms. The van der Waals surface area contributed by atoms with Gasteiger partial charge in [0.1, 0.15) is 16.2 Å². The van der Waals surface area contributed by atoms with E-state index in [0.717, 1.165) is 33.8 Å². The first-order chi connectivity index (χ1) is 14.6. The van der Waals surface area contributed by atoms with Gasteiger partial charge in [0.05, 0.1) is 0 Å². The number of nitrogens with one attached hydrogen (secondary N) is 2. The number of amides is 2. The van der Waals surface area contributed by atoms with Crippen LogP contribution in [0, 0.1) is 6.92 Å². The van der Waals surface area contributed by atoms with Crippen LogP contribution in [0.5, 0.6) is 0 Å². The molecular formula is C22H22N6OS.